The number of para-hydroxylation sites is 1. The fourth-order valence-corrected chi connectivity index (χ4v) is 4.01. The van der Waals surface area contributed by atoms with Gasteiger partial charge in [0.05, 0.1) is 26.2 Å². The summed E-state index contributed by atoms with van der Waals surface area (Å²) in [7, 11) is 0. The van der Waals surface area contributed by atoms with Gasteiger partial charge in [-0.25, -0.2) is 5.53 Å². The lowest BCUT2D eigenvalue weighted by Crippen LogP contribution is -2.44. The van der Waals surface area contributed by atoms with Crippen LogP contribution in [0, 0.1) is 0 Å². The fraction of sp³-hybridized carbons (Fsp3) is 0.474. The molecular weight excluding hydrogens is 510 g/mol. The summed E-state index contributed by atoms with van der Waals surface area (Å²) in [6.45, 7) is 5.10. The van der Waals surface area contributed by atoms with Crippen LogP contribution in [0.5, 0.6) is 5.75 Å². The van der Waals surface area contributed by atoms with Crippen LogP contribution in [0.1, 0.15) is 23.0 Å². The maximum atomic E-state index is 10.3. The molecule has 0 radical (unpaired) electrons. The Balaban J connectivity index is 1.25. The van der Waals surface area contributed by atoms with E-state index >= 15 is 0 Å². The first-order chi connectivity index (χ1) is 19.2. The molecule has 5 rings (SSSR count). The van der Waals surface area contributed by atoms with Gasteiger partial charge in [0, 0.05) is 38.3 Å². The second-order valence-electron chi connectivity index (χ2n) is 8.73. The van der Waals surface area contributed by atoms with Crippen molar-refractivity contribution in [3.63, 3.8) is 0 Å². The average molecular weight is 540 g/mol. The van der Waals surface area contributed by atoms with E-state index in [4.69, 9.17) is 0 Å². The van der Waals surface area contributed by atoms with Gasteiger partial charge >= 0.3 is 0 Å². The van der Waals surface area contributed by atoms with Gasteiger partial charge in [0.1, 0.15) is 5.75 Å². The van der Waals surface area contributed by atoms with E-state index in [2.05, 4.69) is 98.2 Å². The van der Waals surface area contributed by atoms with Crippen LogP contribution in [0.2, 0.25) is 0 Å². The van der Waals surface area contributed by atoms with Crippen molar-refractivity contribution in [3.05, 3.63) is 47.3 Å². The van der Waals surface area contributed by atoms with Gasteiger partial charge in [0.2, 0.25) is 0 Å². The normalized spacial score (nSPS) is 13.3. The van der Waals surface area contributed by atoms with Gasteiger partial charge in [-0.1, -0.05) is 33.8 Å². The molecular formula is C19H29N19O. The maximum absolute atomic E-state index is 10.3. The minimum Gasteiger partial charge on any atom is -0.508 e. The number of hydrogen-bond acceptors (Lipinski definition) is 17. The average Bonchev–Trinajstić information content (AvgIpc) is 3.76. The number of aromatic amines is 3. The van der Waals surface area contributed by atoms with Crippen LogP contribution in [-0.4, -0.2) is 120 Å². The number of hydrazine groups is 2. The molecule has 0 unspecified atom stereocenters. The van der Waals surface area contributed by atoms with Gasteiger partial charge in [0.15, 0.2) is 23.3 Å². The van der Waals surface area contributed by atoms with E-state index in [0.717, 1.165) is 11.4 Å². The number of aromatic hydroxyl groups is 1. The molecule has 1 aliphatic heterocycles. The number of hydrogen-bond donors (Lipinski definition) is 7. The number of phenols is 1. The van der Waals surface area contributed by atoms with Crippen LogP contribution < -0.4 is 16.5 Å². The van der Waals surface area contributed by atoms with Crippen molar-refractivity contribution in [1.29, 1.82) is 0 Å². The van der Waals surface area contributed by atoms with Gasteiger partial charge < -0.3 is 5.11 Å². The lowest BCUT2D eigenvalue weighted by Gasteiger charge is -2.29. The Bertz CT molecular complexity index is 1260. The van der Waals surface area contributed by atoms with Crippen molar-refractivity contribution in [2.24, 2.45) is 5.10 Å². The number of rotatable bonds is 16. The Kier molecular flexibility index (Phi) is 8.81. The van der Waals surface area contributed by atoms with E-state index < -0.39 is 0 Å². The first kappa shape index (κ1) is 26.0. The summed E-state index contributed by atoms with van der Waals surface area (Å²) in [5.41, 5.74) is 9.21. The van der Waals surface area contributed by atoms with E-state index in [1.54, 1.807) is 12.1 Å². The van der Waals surface area contributed by atoms with E-state index in [1.165, 1.54) is 0 Å². The van der Waals surface area contributed by atoms with Crippen LogP contribution in [0.25, 0.3) is 0 Å². The smallest absolute Gasteiger partial charge is 0.188 e. The van der Waals surface area contributed by atoms with Crippen LogP contribution in [-0.2, 0) is 26.2 Å². The van der Waals surface area contributed by atoms with Crippen molar-refractivity contribution >= 4 is 5.84 Å². The molecule has 0 fully saturated rings. The molecule has 1 aliphatic rings. The van der Waals surface area contributed by atoms with Crippen LogP contribution in [0.4, 0.5) is 0 Å². The number of aromatic nitrogens is 12. The van der Waals surface area contributed by atoms with E-state index in [-0.39, 0.29) is 5.75 Å². The second kappa shape index (κ2) is 13.2. The molecule has 20 heteroatoms. The van der Waals surface area contributed by atoms with Gasteiger partial charge in [-0.3, -0.25) is 20.1 Å². The Morgan fingerprint density at radius 3 is 1.69 bits per heavy atom. The number of H-pyrrole nitrogens is 3. The molecule has 20 nitrogen and oxygen atoms in total. The summed E-state index contributed by atoms with van der Waals surface area (Å²) in [6, 6.07) is 7.28. The molecule has 4 aromatic rings. The summed E-state index contributed by atoms with van der Waals surface area (Å²) < 4.78 is 0. The molecule has 7 N–H and O–H groups in total. The van der Waals surface area contributed by atoms with Crippen molar-refractivity contribution < 1.29 is 5.11 Å². The van der Waals surface area contributed by atoms with Gasteiger partial charge in [-0.2, -0.15) is 15.6 Å². The molecule has 0 aliphatic carbocycles. The van der Waals surface area contributed by atoms with E-state index in [0.29, 0.717) is 76.4 Å². The molecule has 0 saturated heterocycles. The highest BCUT2D eigenvalue weighted by Gasteiger charge is 2.19. The summed E-state index contributed by atoms with van der Waals surface area (Å²) in [5.74, 6) is 2.70. The van der Waals surface area contributed by atoms with Crippen molar-refractivity contribution in [3.8, 4) is 5.75 Å². The molecule has 39 heavy (non-hydrogen) atoms. The Morgan fingerprint density at radius 1 is 0.641 bits per heavy atom. The number of hydrazone groups is 1. The number of benzene rings is 1. The molecule has 0 amide bonds. The third kappa shape index (κ3) is 7.91. The number of amidine groups is 1. The van der Waals surface area contributed by atoms with Crippen molar-refractivity contribution in [2.75, 3.05) is 32.7 Å². The third-order valence-corrected chi connectivity index (χ3v) is 5.94. The van der Waals surface area contributed by atoms with Crippen LogP contribution in [0.15, 0.2) is 29.4 Å². The summed E-state index contributed by atoms with van der Waals surface area (Å²) in [5, 5.41) is 57.7. The third-order valence-electron chi connectivity index (χ3n) is 5.94. The predicted molar refractivity (Wildman–Crippen MR) is 132 cm³/mol. The van der Waals surface area contributed by atoms with Crippen LogP contribution in [0.3, 0.4) is 0 Å². The highest BCUT2D eigenvalue weighted by Crippen LogP contribution is 2.18. The zero-order valence-electron chi connectivity index (χ0n) is 20.9. The van der Waals surface area contributed by atoms with Gasteiger partial charge in [0.25, 0.3) is 0 Å². The first-order valence-electron chi connectivity index (χ1n) is 12.1. The van der Waals surface area contributed by atoms with Gasteiger partial charge in [-0.15, -0.1) is 41.2 Å². The summed E-state index contributed by atoms with van der Waals surface area (Å²) >= 11 is 0. The maximum Gasteiger partial charge on any atom is 0.188 e. The molecule has 0 saturated carbocycles. The fourth-order valence-electron chi connectivity index (χ4n) is 4.01. The van der Waals surface area contributed by atoms with E-state index in [9.17, 15) is 5.11 Å². The Hall–Kier alpha value is -4.66. The number of phenolic OH excluding ortho intramolecular Hbond substituents is 1. The molecule has 0 bridgehead atoms. The monoisotopic (exact) mass is 539 g/mol. The molecule has 0 atom stereocenters. The second-order valence-corrected chi connectivity index (χ2v) is 8.73. The molecule has 0 spiro atoms. The van der Waals surface area contributed by atoms with Crippen molar-refractivity contribution in [2.45, 2.75) is 26.2 Å². The Morgan fingerprint density at radius 2 is 1.18 bits per heavy atom. The number of nitrogens with one attached hydrogen (secondary N) is 6. The zero-order chi connectivity index (χ0) is 26.7. The standard InChI is InChI=1S/C19H29N19O/c39-15-4-2-1-3-14(15)9-37(11-17-22-30-31-23-17)7-5-36(10-16-20-28-29-21-16)6-8-38(12-18-24-32-33-25-18)13-19-26-34-35-27-19/h1-4,32-33,39H,5-13H2,(H,24,25)(H,20,21,28,29)(H,22,23,30,31)(H,26,27,34,35). The topological polar surface area (TPSA) is 242 Å². The molecule has 4 heterocycles. The number of tetrazole rings is 3. The van der Waals surface area contributed by atoms with Crippen molar-refractivity contribution in [1.82, 2.24) is 93.1 Å². The minimum atomic E-state index is 0.240. The highest BCUT2D eigenvalue weighted by atomic mass is 16.3. The summed E-state index contributed by atoms with van der Waals surface area (Å²) in [6.07, 6.45) is 0. The number of nitrogens with zero attached hydrogens (tertiary/aromatic N) is 13. The lowest BCUT2D eigenvalue weighted by atomic mass is 10.2. The quantitative estimate of drug-likeness (QED) is 0.0744. The highest BCUT2D eigenvalue weighted by molar-refractivity contribution is 5.84. The predicted octanol–water partition coefficient (Wildman–Crippen LogP) is -3.14. The van der Waals surface area contributed by atoms with E-state index in [1.807, 2.05) is 12.1 Å². The van der Waals surface area contributed by atoms with Gasteiger partial charge in [-0.05, 0) is 6.07 Å². The first-order valence-corrected chi connectivity index (χ1v) is 12.1. The zero-order valence-corrected chi connectivity index (χ0v) is 20.9. The summed E-state index contributed by atoms with van der Waals surface area (Å²) in [4.78, 5) is 6.52. The SMILES string of the molecule is Oc1ccccc1CN(CCN(CCN(CC1=NNNN1)Cc1nn[nH]n1)Cc1nn[nH]n1)Cc1nn[nH]n1. The lowest BCUT2D eigenvalue weighted by molar-refractivity contribution is 0.162. The molecule has 1 aromatic carbocycles. The molecule has 3 aromatic heterocycles. The Labute approximate surface area is 221 Å². The molecule has 206 valence electrons. The minimum absolute atomic E-state index is 0.240. The van der Waals surface area contributed by atoms with Crippen LogP contribution >= 0.6 is 0 Å². The largest absolute Gasteiger partial charge is 0.508 e.